The first-order valence-corrected chi connectivity index (χ1v) is 8.30. The smallest absolute Gasteiger partial charge is 0.0641 e. The summed E-state index contributed by atoms with van der Waals surface area (Å²) >= 11 is 1.77. The zero-order chi connectivity index (χ0) is 15.2. The Morgan fingerprint density at radius 2 is 2.14 bits per heavy atom. The lowest BCUT2D eigenvalue weighted by Gasteiger charge is -2.16. The van der Waals surface area contributed by atoms with Crippen molar-refractivity contribution in [3.63, 3.8) is 0 Å². The Balaban J connectivity index is 1.99. The lowest BCUT2D eigenvalue weighted by molar-refractivity contribution is 0.269. The molecule has 2 rings (SSSR count). The molecule has 0 spiro atoms. The van der Waals surface area contributed by atoms with Crippen LogP contribution in [0.5, 0.6) is 0 Å². The highest BCUT2D eigenvalue weighted by molar-refractivity contribution is 7.98. The third kappa shape index (κ3) is 4.59. The lowest BCUT2D eigenvalue weighted by atomic mass is 10.2. The average Bonchev–Trinajstić information content (AvgIpc) is 2.79. The van der Waals surface area contributed by atoms with Crippen LogP contribution in [0.3, 0.4) is 0 Å². The van der Waals surface area contributed by atoms with E-state index in [1.54, 1.807) is 11.8 Å². The molecule has 0 saturated carbocycles. The molecule has 0 atom stereocenters. The second kappa shape index (κ2) is 7.64. The normalized spacial score (nSPS) is 11.3. The number of nitrogens with zero attached hydrogens (tertiary/aromatic N) is 3. The maximum atomic E-state index is 8.97. The molecule has 0 aliphatic rings. The van der Waals surface area contributed by atoms with E-state index in [0.717, 1.165) is 18.8 Å². The van der Waals surface area contributed by atoms with Gasteiger partial charge >= 0.3 is 0 Å². The number of hydrogen-bond donors (Lipinski definition) is 1. The highest BCUT2D eigenvalue weighted by atomic mass is 32.2. The van der Waals surface area contributed by atoms with E-state index in [4.69, 9.17) is 5.11 Å². The number of thioether (sulfide) groups is 1. The summed E-state index contributed by atoms with van der Waals surface area (Å²) in [5.41, 5.74) is 3.57. The minimum atomic E-state index is 0.123. The van der Waals surface area contributed by atoms with E-state index >= 15 is 0 Å². The molecule has 0 saturated heterocycles. The van der Waals surface area contributed by atoms with E-state index < -0.39 is 0 Å². The number of rotatable bonds is 7. The summed E-state index contributed by atoms with van der Waals surface area (Å²) in [6, 6.07) is 8.65. The topological polar surface area (TPSA) is 41.3 Å². The second-order valence-electron chi connectivity index (χ2n) is 5.25. The summed E-state index contributed by atoms with van der Waals surface area (Å²) in [6.07, 6.45) is 4.13. The van der Waals surface area contributed by atoms with Gasteiger partial charge in [-0.15, -0.1) is 11.8 Å². The van der Waals surface area contributed by atoms with Gasteiger partial charge in [-0.2, -0.15) is 5.10 Å². The van der Waals surface area contributed by atoms with Gasteiger partial charge in [0.2, 0.25) is 0 Å². The predicted octanol–water partition coefficient (Wildman–Crippen LogP) is 2.54. The quantitative estimate of drug-likeness (QED) is 0.798. The Morgan fingerprint density at radius 3 is 2.86 bits per heavy atom. The van der Waals surface area contributed by atoms with Gasteiger partial charge < -0.3 is 5.11 Å². The third-order valence-electron chi connectivity index (χ3n) is 3.40. The molecule has 2 aromatic rings. The van der Waals surface area contributed by atoms with E-state index in [2.05, 4.69) is 47.6 Å². The van der Waals surface area contributed by atoms with E-state index in [-0.39, 0.29) is 6.61 Å². The van der Waals surface area contributed by atoms with Crippen LogP contribution in [0.1, 0.15) is 16.8 Å². The van der Waals surface area contributed by atoms with Crippen molar-refractivity contribution in [2.75, 3.05) is 19.9 Å². The van der Waals surface area contributed by atoms with Gasteiger partial charge in [-0.1, -0.05) is 12.1 Å². The molecule has 0 aliphatic heterocycles. The molecule has 1 N–H and O–H groups in total. The molecule has 0 fully saturated rings. The van der Waals surface area contributed by atoms with Gasteiger partial charge in [0.15, 0.2) is 0 Å². The molecule has 5 heteroatoms. The standard InChI is InChI=1S/C16H23N3OS/c1-13-15(12-19(17-13)7-8-20)11-18(2)10-14-5-4-6-16(9-14)21-3/h4-6,9,12,20H,7-8,10-11H2,1-3H3. The Kier molecular flexibility index (Phi) is 5.85. The van der Waals surface area contributed by atoms with Gasteiger partial charge in [0.1, 0.15) is 0 Å². The van der Waals surface area contributed by atoms with Crippen molar-refractivity contribution >= 4 is 11.8 Å². The molecule has 1 aromatic heterocycles. The monoisotopic (exact) mass is 305 g/mol. The Bertz CT molecular complexity index is 583. The van der Waals surface area contributed by atoms with E-state index in [9.17, 15) is 0 Å². The molecule has 21 heavy (non-hydrogen) atoms. The van der Waals surface area contributed by atoms with Gasteiger partial charge in [0.25, 0.3) is 0 Å². The van der Waals surface area contributed by atoms with Crippen LogP contribution >= 0.6 is 11.8 Å². The van der Waals surface area contributed by atoms with E-state index in [0.29, 0.717) is 6.54 Å². The minimum absolute atomic E-state index is 0.123. The van der Waals surface area contributed by atoms with Crippen LogP contribution in [-0.2, 0) is 19.6 Å². The van der Waals surface area contributed by atoms with Gasteiger partial charge in [0.05, 0.1) is 18.8 Å². The molecule has 1 heterocycles. The van der Waals surface area contributed by atoms with Crippen LogP contribution in [0.15, 0.2) is 35.4 Å². The summed E-state index contributed by atoms with van der Waals surface area (Å²) < 4.78 is 1.81. The van der Waals surface area contributed by atoms with Crippen molar-refractivity contribution in [3.05, 3.63) is 47.3 Å². The van der Waals surface area contributed by atoms with Gasteiger partial charge in [0, 0.05) is 29.7 Å². The second-order valence-corrected chi connectivity index (χ2v) is 6.13. The van der Waals surface area contributed by atoms with Crippen molar-refractivity contribution in [3.8, 4) is 0 Å². The van der Waals surface area contributed by atoms with Crippen molar-refractivity contribution < 1.29 is 5.11 Å². The summed E-state index contributed by atoms with van der Waals surface area (Å²) in [6.45, 7) is 4.48. The fourth-order valence-electron chi connectivity index (χ4n) is 2.36. The van der Waals surface area contributed by atoms with Crippen molar-refractivity contribution in [1.29, 1.82) is 0 Å². The lowest BCUT2D eigenvalue weighted by Crippen LogP contribution is -2.17. The molecule has 1 aromatic carbocycles. The summed E-state index contributed by atoms with van der Waals surface area (Å²) in [7, 11) is 2.12. The minimum Gasteiger partial charge on any atom is -0.394 e. The van der Waals surface area contributed by atoms with Crippen LogP contribution in [0.25, 0.3) is 0 Å². The molecular formula is C16H23N3OS. The van der Waals surface area contributed by atoms with E-state index in [1.807, 2.05) is 17.8 Å². The van der Waals surface area contributed by atoms with Gasteiger partial charge in [-0.25, -0.2) is 0 Å². The number of hydrogen-bond acceptors (Lipinski definition) is 4. The average molecular weight is 305 g/mol. The SMILES string of the molecule is CSc1cccc(CN(C)Cc2cn(CCO)nc2C)c1. The zero-order valence-corrected chi connectivity index (χ0v) is 13.7. The number of aliphatic hydroxyl groups excluding tert-OH is 1. The van der Waals surface area contributed by atoms with Crippen LogP contribution in [0, 0.1) is 6.92 Å². The number of aryl methyl sites for hydroxylation is 1. The van der Waals surface area contributed by atoms with Crippen molar-refractivity contribution in [2.24, 2.45) is 0 Å². The maximum Gasteiger partial charge on any atom is 0.0641 e. The molecule has 0 amide bonds. The first-order chi connectivity index (χ1) is 10.1. The van der Waals surface area contributed by atoms with Crippen molar-refractivity contribution in [2.45, 2.75) is 31.5 Å². The Morgan fingerprint density at radius 1 is 1.33 bits per heavy atom. The fraction of sp³-hybridized carbons (Fsp3) is 0.438. The van der Waals surface area contributed by atoms with Gasteiger partial charge in [-0.05, 0) is 37.9 Å². The number of aliphatic hydroxyl groups is 1. The highest BCUT2D eigenvalue weighted by Crippen LogP contribution is 2.17. The van der Waals surface area contributed by atoms with Gasteiger partial charge in [-0.3, -0.25) is 9.58 Å². The first kappa shape index (κ1) is 16.1. The Hall–Kier alpha value is -1.30. The van der Waals surface area contributed by atoms with E-state index in [1.165, 1.54) is 16.0 Å². The Labute approximate surface area is 130 Å². The van der Waals surface area contributed by atoms with Crippen molar-refractivity contribution in [1.82, 2.24) is 14.7 Å². The molecular weight excluding hydrogens is 282 g/mol. The first-order valence-electron chi connectivity index (χ1n) is 7.07. The molecule has 0 radical (unpaired) electrons. The summed E-state index contributed by atoms with van der Waals surface area (Å²) in [5.74, 6) is 0. The van der Waals surface area contributed by atoms with Crippen LogP contribution < -0.4 is 0 Å². The predicted molar refractivity (Wildman–Crippen MR) is 87.4 cm³/mol. The largest absolute Gasteiger partial charge is 0.394 e. The third-order valence-corrected chi connectivity index (χ3v) is 4.13. The molecule has 0 bridgehead atoms. The summed E-state index contributed by atoms with van der Waals surface area (Å²) in [4.78, 5) is 3.58. The van der Waals surface area contributed by atoms with Crippen LogP contribution in [0.2, 0.25) is 0 Å². The molecule has 114 valence electrons. The number of aromatic nitrogens is 2. The molecule has 0 aliphatic carbocycles. The van der Waals surface area contributed by atoms with Crippen LogP contribution in [-0.4, -0.2) is 39.7 Å². The zero-order valence-electron chi connectivity index (χ0n) is 12.9. The highest BCUT2D eigenvalue weighted by Gasteiger charge is 2.08. The molecule has 4 nitrogen and oxygen atoms in total. The maximum absolute atomic E-state index is 8.97. The number of benzene rings is 1. The fourth-order valence-corrected chi connectivity index (χ4v) is 2.84. The van der Waals surface area contributed by atoms with Crippen LogP contribution in [0.4, 0.5) is 0 Å². The summed E-state index contributed by atoms with van der Waals surface area (Å²) in [5, 5.41) is 13.4. The molecule has 0 unspecified atom stereocenters.